The van der Waals surface area contributed by atoms with E-state index in [2.05, 4.69) is 0 Å². The average molecular weight is 323 g/mol. The van der Waals surface area contributed by atoms with Gasteiger partial charge in [0.15, 0.2) is 0 Å². The average Bonchev–Trinajstić information content (AvgIpc) is 2.85. The summed E-state index contributed by atoms with van der Waals surface area (Å²) in [5.74, 6) is -2.32. The summed E-state index contributed by atoms with van der Waals surface area (Å²) in [6.07, 6.45) is 1.35. The van der Waals surface area contributed by atoms with Crippen molar-refractivity contribution in [3.8, 4) is 0 Å². The summed E-state index contributed by atoms with van der Waals surface area (Å²) in [5, 5.41) is 0.568. The lowest BCUT2D eigenvalue weighted by Gasteiger charge is -2.19. The van der Waals surface area contributed by atoms with Crippen LogP contribution in [0.1, 0.15) is 52.0 Å². The van der Waals surface area contributed by atoms with Gasteiger partial charge in [0, 0.05) is 0 Å². The van der Waals surface area contributed by atoms with E-state index in [0.29, 0.717) is 11.5 Å². The standard InChI is InChI=1S/C19H17NO4/c1-2-8-14(13-9-4-3-5-10-13)19(23)24-20-17(21)15-11-6-7-12-16(15)18(20)22/h3-7,9-12,14H,2,8H2,1H3. The highest BCUT2D eigenvalue weighted by Crippen LogP contribution is 2.27. The first-order valence-electron chi connectivity index (χ1n) is 7.88. The van der Waals surface area contributed by atoms with Crippen molar-refractivity contribution in [2.24, 2.45) is 0 Å². The second kappa shape index (κ2) is 6.66. The van der Waals surface area contributed by atoms with E-state index in [0.717, 1.165) is 12.0 Å². The molecule has 0 aliphatic carbocycles. The highest BCUT2D eigenvalue weighted by molar-refractivity contribution is 6.20. The van der Waals surface area contributed by atoms with Crippen LogP contribution in [0.15, 0.2) is 54.6 Å². The van der Waals surface area contributed by atoms with Crippen molar-refractivity contribution in [3.05, 3.63) is 71.3 Å². The number of hydrogen-bond acceptors (Lipinski definition) is 4. The zero-order valence-corrected chi connectivity index (χ0v) is 13.3. The number of carbonyl (C=O) groups is 3. The lowest BCUT2D eigenvalue weighted by molar-refractivity contribution is -0.170. The number of amides is 2. The molecule has 24 heavy (non-hydrogen) atoms. The maximum absolute atomic E-state index is 12.6. The van der Waals surface area contributed by atoms with Crippen LogP contribution in [0.2, 0.25) is 0 Å². The lowest BCUT2D eigenvalue weighted by Crippen LogP contribution is -2.34. The molecule has 5 nitrogen and oxygen atoms in total. The fourth-order valence-corrected chi connectivity index (χ4v) is 2.80. The van der Waals surface area contributed by atoms with Crippen molar-refractivity contribution in [1.29, 1.82) is 0 Å². The largest absolute Gasteiger partial charge is 0.340 e. The van der Waals surface area contributed by atoms with Crippen LogP contribution >= 0.6 is 0 Å². The van der Waals surface area contributed by atoms with Crippen molar-refractivity contribution < 1.29 is 19.2 Å². The number of nitrogens with zero attached hydrogens (tertiary/aromatic N) is 1. The van der Waals surface area contributed by atoms with Gasteiger partial charge in [-0.2, -0.15) is 0 Å². The molecule has 2 aromatic rings. The molecule has 2 amide bonds. The van der Waals surface area contributed by atoms with Gasteiger partial charge < -0.3 is 4.84 Å². The second-order valence-electron chi connectivity index (χ2n) is 5.61. The first-order chi connectivity index (χ1) is 11.6. The van der Waals surface area contributed by atoms with Gasteiger partial charge in [-0.1, -0.05) is 60.9 Å². The van der Waals surface area contributed by atoms with E-state index in [-0.39, 0.29) is 11.1 Å². The molecular weight excluding hydrogens is 306 g/mol. The molecule has 0 bridgehead atoms. The van der Waals surface area contributed by atoms with Crippen LogP contribution in [-0.4, -0.2) is 22.8 Å². The van der Waals surface area contributed by atoms with Crippen molar-refractivity contribution >= 4 is 17.8 Å². The van der Waals surface area contributed by atoms with Crippen molar-refractivity contribution in [2.45, 2.75) is 25.7 Å². The molecule has 0 aromatic heterocycles. The van der Waals surface area contributed by atoms with Gasteiger partial charge in [-0.05, 0) is 24.1 Å². The molecule has 3 rings (SSSR count). The van der Waals surface area contributed by atoms with E-state index < -0.39 is 23.7 Å². The van der Waals surface area contributed by atoms with E-state index >= 15 is 0 Å². The predicted octanol–water partition coefficient (Wildman–Crippen LogP) is 3.32. The molecule has 5 heteroatoms. The molecule has 1 heterocycles. The van der Waals surface area contributed by atoms with Crippen LogP contribution in [0.3, 0.4) is 0 Å². The Labute approximate surface area is 139 Å². The normalized spacial score (nSPS) is 14.5. The number of fused-ring (bicyclic) bond motifs is 1. The molecule has 1 aliphatic rings. The Morgan fingerprint density at radius 3 is 2.04 bits per heavy atom. The first-order valence-corrected chi connectivity index (χ1v) is 7.88. The molecule has 0 N–H and O–H groups in total. The molecule has 0 spiro atoms. The molecule has 1 atom stereocenters. The summed E-state index contributed by atoms with van der Waals surface area (Å²) in [7, 11) is 0. The summed E-state index contributed by atoms with van der Waals surface area (Å²) in [5.41, 5.74) is 1.31. The van der Waals surface area contributed by atoms with E-state index in [1.54, 1.807) is 24.3 Å². The summed E-state index contributed by atoms with van der Waals surface area (Å²) < 4.78 is 0. The molecule has 122 valence electrons. The number of benzene rings is 2. The molecule has 2 aromatic carbocycles. The van der Waals surface area contributed by atoms with Gasteiger partial charge in [0.25, 0.3) is 11.8 Å². The minimum atomic E-state index is -0.604. The Morgan fingerprint density at radius 1 is 0.958 bits per heavy atom. The molecular formula is C19H17NO4. The van der Waals surface area contributed by atoms with Gasteiger partial charge in [-0.25, -0.2) is 4.79 Å². The third-order valence-corrected chi connectivity index (χ3v) is 4.00. The number of rotatable bonds is 5. The second-order valence-corrected chi connectivity index (χ2v) is 5.61. The maximum Gasteiger partial charge on any atom is 0.340 e. The highest BCUT2D eigenvalue weighted by atomic mass is 16.7. The van der Waals surface area contributed by atoms with Crippen LogP contribution < -0.4 is 0 Å². The smallest absolute Gasteiger partial charge is 0.329 e. The van der Waals surface area contributed by atoms with Crippen LogP contribution in [0.4, 0.5) is 0 Å². The third kappa shape index (κ3) is 2.80. The van der Waals surface area contributed by atoms with Crippen molar-refractivity contribution in [3.63, 3.8) is 0 Å². The Kier molecular flexibility index (Phi) is 4.42. The zero-order chi connectivity index (χ0) is 17.1. The summed E-state index contributed by atoms with van der Waals surface area (Å²) in [6, 6.07) is 15.6. The highest BCUT2D eigenvalue weighted by Gasteiger charge is 2.39. The summed E-state index contributed by atoms with van der Waals surface area (Å²) in [4.78, 5) is 42.3. The summed E-state index contributed by atoms with van der Waals surface area (Å²) in [6.45, 7) is 1.96. The van der Waals surface area contributed by atoms with E-state index in [1.807, 2.05) is 37.3 Å². The summed E-state index contributed by atoms with van der Waals surface area (Å²) >= 11 is 0. The fraction of sp³-hybridized carbons (Fsp3) is 0.211. The van der Waals surface area contributed by atoms with E-state index in [9.17, 15) is 14.4 Å². The van der Waals surface area contributed by atoms with Crippen LogP contribution in [-0.2, 0) is 9.63 Å². The molecule has 0 fully saturated rings. The number of hydrogen-bond donors (Lipinski definition) is 0. The van der Waals surface area contributed by atoms with Crippen LogP contribution in [0.5, 0.6) is 0 Å². The molecule has 0 saturated carbocycles. The van der Waals surface area contributed by atoms with Gasteiger partial charge >= 0.3 is 5.97 Å². The predicted molar refractivity (Wildman–Crippen MR) is 87.1 cm³/mol. The quantitative estimate of drug-likeness (QED) is 0.792. The third-order valence-electron chi connectivity index (χ3n) is 4.00. The zero-order valence-electron chi connectivity index (χ0n) is 13.3. The molecule has 1 aliphatic heterocycles. The molecule has 1 unspecified atom stereocenters. The van der Waals surface area contributed by atoms with Gasteiger partial charge in [0.05, 0.1) is 17.0 Å². The first kappa shape index (κ1) is 15.9. The minimum Gasteiger partial charge on any atom is -0.329 e. The van der Waals surface area contributed by atoms with Gasteiger partial charge in [-0.3, -0.25) is 9.59 Å². The Bertz CT molecular complexity index is 750. The Hall–Kier alpha value is -2.95. The van der Waals surface area contributed by atoms with Crippen LogP contribution in [0, 0.1) is 0 Å². The van der Waals surface area contributed by atoms with Gasteiger partial charge in [0.2, 0.25) is 0 Å². The lowest BCUT2D eigenvalue weighted by atomic mass is 9.95. The SMILES string of the molecule is CCCC(C(=O)ON1C(=O)c2ccccc2C1=O)c1ccccc1. The van der Waals surface area contributed by atoms with Gasteiger partial charge in [-0.15, -0.1) is 0 Å². The Morgan fingerprint density at radius 2 is 1.50 bits per heavy atom. The van der Waals surface area contributed by atoms with Gasteiger partial charge in [0.1, 0.15) is 0 Å². The van der Waals surface area contributed by atoms with Crippen molar-refractivity contribution in [1.82, 2.24) is 5.06 Å². The maximum atomic E-state index is 12.6. The number of carbonyl (C=O) groups excluding carboxylic acids is 3. The van der Waals surface area contributed by atoms with E-state index in [4.69, 9.17) is 4.84 Å². The Balaban J connectivity index is 1.81. The minimum absolute atomic E-state index is 0.252. The van der Waals surface area contributed by atoms with E-state index in [1.165, 1.54) is 0 Å². The fourth-order valence-electron chi connectivity index (χ4n) is 2.80. The molecule has 0 radical (unpaired) electrons. The van der Waals surface area contributed by atoms with Crippen LogP contribution in [0.25, 0.3) is 0 Å². The molecule has 0 saturated heterocycles. The van der Waals surface area contributed by atoms with Crippen molar-refractivity contribution in [2.75, 3.05) is 0 Å². The topological polar surface area (TPSA) is 63.7 Å². The number of imide groups is 1. The monoisotopic (exact) mass is 323 g/mol. The number of hydroxylamine groups is 2.